The number of benzene rings is 1. The van der Waals surface area contributed by atoms with E-state index in [-0.39, 0.29) is 36.5 Å². The van der Waals surface area contributed by atoms with Crippen LogP contribution in [0.5, 0.6) is 0 Å². The molecule has 0 saturated heterocycles. The van der Waals surface area contributed by atoms with Gasteiger partial charge in [-0.05, 0) is 30.2 Å². The van der Waals surface area contributed by atoms with Crippen molar-refractivity contribution in [3.05, 3.63) is 35.6 Å². The molecule has 1 unspecified atom stereocenters. The van der Waals surface area contributed by atoms with Gasteiger partial charge in [-0.15, -0.1) is 12.4 Å². The lowest BCUT2D eigenvalue weighted by Gasteiger charge is -2.09. The Balaban J connectivity index is 0.00000256. The first-order chi connectivity index (χ1) is 7.61. The van der Waals surface area contributed by atoms with Crippen molar-refractivity contribution in [1.82, 2.24) is 5.32 Å². The summed E-state index contributed by atoms with van der Waals surface area (Å²) in [5.41, 5.74) is 6.11. The van der Waals surface area contributed by atoms with Crippen molar-refractivity contribution in [1.29, 1.82) is 0 Å². The maximum absolute atomic E-state index is 12.8. The molecule has 0 spiro atoms. The predicted octanol–water partition coefficient (Wildman–Crippen LogP) is 1.50. The standard InChI is InChI=1S/C12H17FN2O.ClH/c1-9(7-14)8-15-12(16)6-10-3-2-4-11(13)5-10;/h2-5,9H,6-8,14H2,1H3,(H,15,16);1H. The van der Waals surface area contributed by atoms with Gasteiger partial charge >= 0.3 is 0 Å². The lowest BCUT2D eigenvalue weighted by Crippen LogP contribution is -2.32. The maximum Gasteiger partial charge on any atom is 0.224 e. The van der Waals surface area contributed by atoms with Gasteiger partial charge in [0.05, 0.1) is 6.42 Å². The zero-order valence-corrected chi connectivity index (χ0v) is 10.6. The number of hydrogen-bond donors (Lipinski definition) is 2. The highest BCUT2D eigenvalue weighted by Crippen LogP contribution is 2.04. The minimum absolute atomic E-state index is 0. The van der Waals surface area contributed by atoms with Crippen LogP contribution in [0, 0.1) is 11.7 Å². The molecule has 0 aliphatic heterocycles. The Kier molecular flexibility index (Phi) is 7.50. The second-order valence-corrected chi connectivity index (χ2v) is 3.95. The van der Waals surface area contributed by atoms with Crippen molar-refractivity contribution in [2.24, 2.45) is 11.7 Å². The average molecular weight is 261 g/mol. The first-order valence-electron chi connectivity index (χ1n) is 5.33. The molecule has 3 nitrogen and oxygen atoms in total. The molecule has 1 aromatic rings. The van der Waals surface area contributed by atoms with Gasteiger partial charge in [-0.1, -0.05) is 19.1 Å². The zero-order chi connectivity index (χ0) is 12.0. The van der Waals surface area contributed by atoms with Crippen LogP contribution in [-0.2, 0) is 11.2 Å². The van der Waals surface area contributed by atoms with Crippen molar-refractivity contribution < 1.29 is 9.18 Å². The minimum atomic E-state index is -0.319. The molecule has 1 rings (SSSR count). The Labute approximate surface area is 107 Å². The molecule has 3 N–H and O–H groups in total. The van der Waals surface area contributed by atoms with Crippen molar-refractivity contribution in [3.8, 4) is 0 Å². The molecule has 0 radical (unpaired) electrons. The van der Waals surface area contributed by atoms with E-state index in [1.54, 1.807) is 12.1 Å². The molecule has 1 aromatic carbocycles. The summed E-state index contributed by atoms with van der Waals surface area (Å²) in [5, 5.41) is 2.76. The molecule has 0 saturated carbocycles. The van der Waals surface area contributed by atoms with Crippen LogP contribution in [0.3, 0.4) is 0 Å². The third-order valence-corrected chi connectivity index (χ3v) is 2.30. The molecule has 0 fully saturated rings. The van der Waals surface area contributed by atoms with E-state index in [1.807, 2.05) is 6.92 Å². The highest BCUT2D eigenvalue weighted by molar-refractivity contribution is 5.85. The van der Waals surface area contributed by atoms with Crippen LogP contribution in [-0.4, -0.2) is 19.0 Å². The van der Waals surface area contributed by atoms with Gasteiger partial charge in [-0.3, -0.25) is 4.79 Å². The van der Waals surface area contributed by atoms with Crippen LogP contribution in [0.25, 0.3) is 0 Å². The van der Waals surface area contributed by atoms with Crippen LogP contribution in [0.15, 0.2) is 24.3 Å². The number of halogens is 2. The lowest BCUT2D eigenvalue weighted by molar-refractivity contribution is -0.120. The largest absolute Gasteiger partial charge is 0.356 e. The molecule has 0 heterocycles. The van der Waals surface area contributed by atoms with Crippen LogP contribution >= 0.6 is 12.4 Å². The third kappa shape index (κ3) is 6.24. The van der Waals surface area contributed by atoms with Gasteiger partial charge in [0, 0.05) is 6.54 Å². The summed E-state index contributed by atoms with van der Waals surface area (Å²) in [5.74, 6) is -0.164. The van der Waals surface area contributed by atoms with Gasteiger partial charge in [0.2, 0.25) is 5.91 Å². The summed E-state index contributed by atoms with van der Waals surface area (Å²) in [6, 6.07) is 6.05. The molecule has 0 aliphatic rings. The normalized spacial score (nSPS) is 11.5. The number of amides is 1. The van der Waals surface area contributed by atoms with E-state index in [4.69, 9.17) is 5.73 Å². The molecule has 1 atom stereocenters. The van der Waals surface area contributed by atoms with Crippen LogP contribution in [0.1, 0.15) is 12.5 Å². The molecule has 0 aliphatic carbocycles. The second kappa shape index (κ2) is 8.03. The monoisotopic (exact) mass is 260 g/mol. The fraction of sp³-hybridized carbons (Fsp3) is 0.417. The van der Waals surface area contributed by atoms with Crippen LogP contribution in [0.4, 0.5) is 4.39 Å². The molecule has 1 amide bonds. The molecule has 96 valence electrons. The summed E-state index contributed by atoms with van der Waals surface area (Å²) >= 11 is 0. The molecule has 17 heavy (non-hydrogen) atoms. The number of nitrogens with two attached hydrogens (primary N) is 1. The van der Waals surface area contributed by atoms with E-state index in [1.165, 1.54) is 12.1 Å². The highest BCUT2D eigenvalue weighted by Gasteiger charge is 2.05. The third-order valence-electron chi connectivity index (χ3n) is 2.30. The van der Waals surface area contributed by atoms with Gasteiger partial charge < -0.3 is 11.1 Å². The smallest absolute Gasteiger partial charge is 0.224 e. The van der Waals surface area contributed by atoms with Gasteiger partial charge in [0.25, 0.3) is 0 Å². The first kappa shape index (κ1) is 15.9. The summed E-state index contributed by atoms with van der Waals surface area (Å²) in [4.78, 5) is 11.5. The summed E-state index contributed by atoms with van der Waals surface area (Å²) in [6.45, 7) is 3.06. The Bertz CT molecular complexity index is 360. The first-order valence-corrected chi connectivity index (χ1v) is 5.33. The van der Waals surface area contributed by atoms with Gasteiger partial charge in [-0.2, -0.15) is 0 Å². The van der Waals surface area contributed by atoms with Crippen LogP contribution < -0.4 is 11.1 Å². The quantitative estimate of drug-likeness (QED) is 0.843. The van der Waals surface area contributed by atoms with E-state index in [0.29, 0.717) is 18.7 Å². The van der Waals surface area contributed by atoms with Gasteiger partial charge in [0.15, 0.2) is 0 Å². The molecular weight excluding hydrogens is 243 g/mol. The fourth-order valence-electron chi connectivity index (χ4n) is 1.27. The average Bonchev–Trinajstić information content (AvgIpc) is 2.26. The van der Waals surface area contributed by atoms with E-state index >= 15 is 0 Å². The Hall–Kier alpha value is -1.13. The zero-order valence-electron chi connectivity index (χ0n) is 9.78. The maximum atomic E-state index is 12.8. The SMILES string of the molecule is CC(CN)CNC(=O)Cc1cccc(F)c1.Cl. The topological polar surface area (TPSA) is 55.1 Å². The number of nitrogens with one attached hydrogen (secondary N) is 1. The van der Waals surface area contributed by atoms with E-state index in [0.717, 1.165) is 0 Å². The molecular formula is C12H18ClFN2O. The van der Waals surface area contributed by atoms with Crippen molar-refractivity contribution in [2.75, 3.05) is 13.1 Å². The lowest BCUT2D eigenvalue weighted by atomic mass is 10.1. The van der Waals surface area contributed by atoms with Crippen LogP contribution in [0.2, 0.25) is 0 Å². The van der Waals surface area contributed by atoms with E-state index in [9.17, 15) is 9.18 Å². The minimum Gasteiger partial charge on any atom is -0.356 e. The van der Waals surface area contributed by atoms with E-state index in [2.05, 4.69) is 5.32 Å². The number of hydrogen-bond acceptors (Lipinski definition) is 2. The van der Waals surface area contributed by atoms with Crippen molar-refractivity contribution in [2.45, 2.75) is 13.3 Å². The van der Waals surface area contributed by atoms with Gasteiger partial charge in [-0.25, -0.2) is 4.39 Å². The number of carbonyl (C=O) groups is 1. The summed E-state index contributed by atoms with van der Waals surface area (Å²) in [7, 11) is 0. The van der Waals surface area contributed by atoms with Crippen molar-refractivity contribution in [3.63, 3.8) is 0 Å². The molecule has 0 aromatic heterocycles. The Morgan fingerprint density at radius 2 is 2.24 bits per heavy atom. The predicted molar refractivity (Wildman–Crippen MR) is 68.6 cm³/mol. The van der Waals surface area contributed by atoms with Gasteiger partial charge in [0.1, 0.15) is 5.82 Å². The molecule has 0 bridgehead atoms. The number of carbonyl (C=O) groups excluding carboxylic acids is 1. The Morgan fingerprint density at radius 3 is 2.82 bits per heavy atom. The number of rotatable bonds is 5. The second-order valence-electron chi connectivity index (χ2n) is 3.95. The van der Waals surface area contributed by atoms with Crippen molar-refractivity contribution >= 4 is 18.3 Å². The highest BCUT2D eigenvalue weighted by atomic mass is 35.5. The van der Waals surface area contributed by atoms with E-state index < -0.39 is 0 Å². The Morgan fingerprint density at radius 1 is 1.53 bits per heavy atom. The molecule has 5 heteroatoms. The fourth-order valence-corrected chi connectivity index (χ4v) is 1.27. The summed E-state index contributed by atoms with van der Waals surface area (Å²) < 4.78 is 12.8. The summed E-state index contributed by atoms with van der Waals surface area (Å²) in [6.07, 6.45) is 0.203.